The molecule has 0 aromatic heterocycles. The molecule has 4 nitrogen and oxygen atoms in total. The summed E-state index contributed by atoms with van der Waals surface area (Å²) in [7, 11) is 1.63. The monoisotopic (exact) mass is 197 g/mol. The van der Waals surface area contributed by atoms with E-state index in [1.165, 1.54) is 0 Å². The molecular formula is C10H15NO3. The fourth-order valence-electron chi connectivity index (χ4n) is 2.44. The van der Waals surface area contributed by atoms with Crippen LogP contribution in [-0.2, 0) is 14.3 Å². The molecule has 0 radical (unpaired) electrons. The van der Waals surface area contributed by atoms with Crippen LogP contribution >= 0.6 is 0 Å². The molecule has 1 N–H and O–H groups in total. The molecule has 1 saturated carbocycles. The minimum Gasteiger partial charge on any atom is -0.384 e. The molecule has 1 saturated heterocycles. The van der Waals surface area contributed by atoms with Crippen molar-refractivity contribution < 1.29 is 14.3 Å². The van der Waals surface area contributed by atoms with Crippen LogP contribution in [0.25, 0.3) is 0 Å². The number of rotatable bonds is 3. The van der Waals surface area contributed by atoms with E-state index in [0.29, 0.717) is 25.4 Å². The number of hydrogen-bond donors (Lipinski definition) is 1. The Kier molecular flexibility index (Phi) is 2.31. The second kappa shape index (κ2) is 3.35. The topological polar surface area (TPSA) is 55.4 Å². The summed E-state index contributed by atoms with van der Waals surface area (Å²) in [5.74, 6) is 0.216. The van der Waals surface area contributed by atoms with Crippen LogP contribution in [0.3, 0.4) is 0 Å². The zero-order valence-electron chi connectivity index (χ0n) is 8.34. The zero-order chi connectivity index (χ0) is 10.2. The predicted molar refractivity (Wildman–Crippen MR) is 49.4 cm³/mol. The van der Waals surface area contributed by atoms with E-state index in [2.05, 4.69) is 5.32 Å². The van der Waals surface area contributed by atoms with Crippen LogP contribution in [0.2, 0.25) is 0 Å². The summed E-state index contributed by atoms with van der Waals surface area (Å²) in [6.45, 7) is 0.525. The minimum absolute atomic E-state index is 0.148. The summed E-state index contributed by atoms with van der Waals surface area (Å²) < 4.78 is 5.15. The first-order valence-corrected chi connectivity index (χ1v) is 4.98. The van der Waals surface area contributed by atoms with Gasteiger partial charge in [-0.3, -0.25) is 14.9 Å². The van der Waals surface area contributed by atoms with E-state index in [-0.39, 0.29) is 17.2 Å². The molecule has 0 aromatic rings. The van der Waals surface area contributed by atoms with Crippen molar-refractivity contribution >= 4 is 11.8 Å². The van der Waals surface area contributed by atoms with Crippen LogP contribution in [-0.4, -0.2) is 25.5 Å². The summed E-state index contributed by atoms with van der Waals surface area (Å²) in [6.07, 6.45) is 3.14. The lowest BCUT2D eigenvalue weighted by molar-refractivity contribution is -0.140. The summed E-state index contributed by atoms with van der Waals surface area (Å²) >= 11 is 0. The molecule has 2 rings (SSSR count). The predicted octanol–water partition coefficient (Wildman–Crippen LogP) is 0.466. The Bertz CT molecular complexity index is 255. The summed E-state index contributed by atoms with van der Waals surface area (Å²) in [4.78, 5) is 22.6. The quantitative estimate of drug-likeness (QED) is 0.669. The molecule has 1 heterocycles. The van der Waals surface area contributed by atoms with Crippen molar-refractivity contribution in [2.24, 2.45) is 11.3 Å². The Hall–Kier alpha value is -0.900. The second-order valence-corrected chi connectivity index (χ2v) is 4.39. The van der Waals surface area contributed by atoms with Crippen molar-refractivity contribution in [2.75, 3.05) is 13.7 Å². The van der Waals surface area contributed by atoms with Crippen LogP contribution in [0.1, 0.15) is 25.7 Å². The number of ether oxygens (including phenoxy) is 1. The summed E-state index contributed by atoms with van der Waals surface area (Å²) in [5.41, 5.74) is -0.200. The maximum absolute atomic E-state index is 11.3. The molecule has 2 aliphatic rings. The van der Waals surface area contributed by atoms with Gasteiger partial charge in [-0.2, -0.15) is 0 Å². The number of hydrogen-bond acceptors (Lipinski definition) is 3. The highest BCUT2D eigenvalue weighted by Gasteiger charge is 2.50. The average molecular weight is 197 g/mol. The van der Waals surface area contributed by atoms with Crippen LogP contribution in [0.15, 0.2) is 0 Å². The third kappa shape index (κ3) is 1.66. The van der Waals surface area contributed by atoms with Gasteiger partial charge in [0.2, 0.25) is 11.8 Å². The molecule has 0 spiro atoms. The molecule has 0 atom stereocenters. The Morgan fingerprint density at radius 3 is 2.36 bits per heavy atom. The first-order chi connectivity index (χ1) is 6.66. The average Bonchev–Trinajstić information content (AvgIpc) is 2.83. The van der Waals surface area contributed by atoms with Crippen molar-refractivity contribution in [3.05, 3.63) is 0 Å². The van der Waals surface area contributed by atoms with Gasteiger partial charge in [0.1, 0.15) is 0 Å². The van der Waals surface area contributed by atoms with Crippen LogP contribution in [0, 0.1) is 11.3 Å². The normalized spacial score (nSPS) is 26.1. The van der Waals surface area contributed by atoms with E-state index in [1.807, 2.05) is 0 Å². The smallest absolute Gasteiger partial charge is 0.227 e. The molecule has 14 heavy (non-hydrogen) atoms. The lowest BCUT2D eigenvalue weighted by Gasteiger charge is -2.35. The van der Waals surface area contributed by atoms with Gasteiger partial charge in [0.25, 0.3) is 0 Å². The highest BCUT2D eigenvalue weighted by atomic mass is 16.5. The zero-order valence-corrected chi connectivity index (χ0v) is 8.34. The molecule has 2 fully saturated rings. The van der Waals surface area contributed by atoms with Crippen molar-refractivity contribution in [3.63, 3.8) is 0 Å². The number of nitrogens with one attached hydrogen (secondary N) is 1. The van der Waals surface area contributed by atoms with Crippen molar-refractivity contribution in [1.82, 2.24) is 5.32 Å². The molecular weight excluding hydrogens is 182 g/mol. The lowest BCUT2D eigenvalue weighted by Crippen LogP contribution is -2.47. The van der Waals surface area contributed by atoms with Gasteiger partial charge in [-0.05, 0) is 18.8 Å². The molecule has 0 unspecified atom stereocenters. The Morgan fingerprint density at radius 1 is 1.36 bits per heavy atom. The maximum atomic E-state index is 11.3. The van der Waals surface area contributed by atoms with Crippen LogP contribution < -0.4 is 5.32 Å². The summed E-state index contributed by atoms with van der Waals surface area (Å²) in [5, 5.41) is 2.34. The molecule has 78 valence electrons. The van der Waals surface area contributed by atoms with E-state index in [1.54, 1.807) is 7.11 Å². The number of amides is 2. The molecule has 2 amide bonds. The van der Waals surface area contributed by atoms with Gasteiger partial charge in [0, 0.05) is 25.4 Å². The second-order valence-electron chi connectivity index (χ2n) is 4.39. The Morgan fingerprint density at radius 2 is 1.93 bits per heavy atom. The van der Waals surface area contributed by atoms with E-state index in [4.69, 9.17) is 4.74 Å². The molecule has 4 heteroatoms. The van der Waals surface area contributed by atoms with Crippen molar-refractivity contribution in [1.29, 1.82) is 0 Å². The van der Waals surface area contributed by atoms with Gasteiger partial charge in [-0.25, -0.2) is 0 Å². The van der Waals surface area contributed by atoms with Crippen LogP contribution in [0.4, 0.5) is 0 Å². The van der Waals surface area contributed by atoms with Gasteiger partial charge in [0.15, 0.2) is 0 Å². The third-order valence-corrected chi connectivity index (χ3v) is 3.18. The number of imide groups is 1. The summed E-state index contributed by atoms with van der Waals surface area (Å²) in [6, 6.07) is 0. The fourth-order valence-corrected chi connectivity index (χ4v) is 2.44. The highest BCUT2D eigenvalue weighted by molar-refractivity contribution is 5.98. The number of methoxy groups -OCH3 is 1. The van der Waals surface area contributed by atoms with Crippen molar-refractivity contribution in [2.45, 2.75) is 25.7 Å². The molecule has 1 aliphatic carbocycles. The van der Waals surface area contributed by atoms with E-state index < -0.39 is 0 Å². The van der Waals surface area contributed by atoms with Gasteiger partial charge >= 0.3 is 0 Å². The first kappa shape index (κ1) is 9.65. The standard InChI is InChI=1S/C10H15NO3/c1-14-6-10(7-2-3-7)4-8(12)11-9(13)5-10/h7H,2-6H2,1H3,(H,11,12,13). The number of carbonyl (C=O) groups is 2. The lowest BCUT2D eigenvalue weighted by atomic mass is 9.74. The SMILES string of the molecule is COCC1(C2CC2)CC(=O)NC(=O)C1. The van der Waals surface area contributed by atoms with Crippen LogP contribution in [0.5, 0.6) is 0 Å². The largest absolute Gasteiger partial charge is 0.384 e. The van der Waals surface area contributed by atoms with E-state index in [0.717, 1.165) is 12.8 Å². The van der Waals surface area contributed by atoms with Crippen molar-refractivity contribution in [3.8, 4) is 0 Å². The van der Waals surface area contributed by atoms with Gasteiger partial charge < -0.3 is 4.74 Å². The Balaban J connectivity index is 2.15. The minimum atomic E-state index is -0.200. The number of piperidine rings is 1. The van der Waals surface area contributed by atoms with Gasteiger partial charge in [0.05, 0.1) is 6.61 Å². The molecule has 0 bridgehead atoms. The maximum Gasteiger partial charge on any atom is 0.227 e. The fraction of sp³-hybridized carbons (Fsp3) is 0.800. The molecule has 0 aromatic carbocycles. The third-order valence-electron chi connectivity index (χ3n) is 3.18. The van der Waals surface area contributed by atoms with E-state index in [9.17, 15) is 9.59 Å². The highest BCUT2D eigenvalue weighted by Crippen LogP contribution is 2.51. The first-order valence-electron chi connectivity index (χ1n) is 4.98. The Labute approximate surface area is 83.0 Å². The van der Waals surface area contributed by atoms with E-state index >= 15 is 0 Å². The molecule has 1 aliphatic heterocycles. The van der Waals surface area contributed by atoms with Gasteiger partial charge in [-0.15, -0.1) is 0 Å². The van der Waals surface area contributed by atoms with Gasteiger partial charge in [-0.1, -0.05) is 0 Å². The number of carbonyl (C=O) groups excluding carboxylic acids is 2.